The van der Waals surface area contributed by atoms with Crippen molar-refractivity contribution < 1.29 is 78.6 Å². The van der Waals surface area contributed by atoms with Crippen LogP contribution in [0.4, 0.5) is 0 Å². The zero-order valence-corrected chi connectivity index (χ0v) is 27.2. The Hall–Kier alpha value is -5.38. The second-order valence-corrected chi connectivity index (χ2v) is 11.3. The summed E-state index contributed by atoms with van der Waals surface area (Å²) in [7, 11) is 0. The molecule has 0 unspecified atom stereocenters. The van der Waals surface area contributed by atoms with E-state index in [2.05, 4.69) is 26.6 Å². The highest BCUT2D eigenvalue weighted by molar-refractivity contribution is 5.96. The fourth-order valence-corrected chi connectivity index (χ4v) is 4.09. The monoisotopic (exact) mass is 720 g/mol. The van der Waals surface area contributed by atoms with E-state index in [-0.39, 0.29) is 0 Å². The lowest BCUT2D eigenvalue weighted by molar-refractivity contribution is -0.144. The molecule has 0 bridgehead atoms. The Morgan fingerprint density at radius 3 is 1.08 bits per heavy atom. The number of nitrogens with two attached hydrogens (primary N) is 1. The van der Waals surface area contributed by atoms with Gasteiger partial charge in [0.15, 0.2) is 0 Å². The average molecular weight is 721 g/mol. The zero-order chi connectivity index (χ0) is 38.7. The number of carboxylic acid groups (broad SMARTS) is 5. The molecule has 0 saturated carbocycles. The average Bonchev–Trinajstić information content (AvgIpc) is 3.01. The molecular formula is C28H44N6O16. The van der Waals surface area contributed by atoms with Gasteiger partial charge in [-0.15, -0.1) is 0 Å². The standard InChI is InChI=1S/C28H44N6O16/c1-12(2)22(27(48)33-17(28(49)50)6-10-21(42)43)34-26(47)16(5-9-20(40)41)32-25(46)15(4-8-19(38)39)31-24(45)14(3-7-18(36)37)30-23(44)13(29)11-35/h12-17,22,35H,3-11,29H2,1-2H3,(H,30,44)(H,31,45)(H,32,46)(H,33,48)(H,34,47)(H,36,37)(H,38,39)(H,40,41)(H,42,43)(H,49,50)/t13-,14-,15-,16-,17-,22-/m0/s1. The summed E-state index contributed by atoms with van der Waals surface area (Å²) < 4.78 is 0. The normalized spacial score (nSPS) is 14.4. The number of rotatable bonds is 25. The van der Waals surface area contributed by atoms with Crippen LogP contribution in [-0.2, 0) is 47.9 Å². The third-order valence-electron chi connectivity index (χ3n) is 6.88. The minimum atomic E-state index is -1.76. The number of carbonyl (C=O) groups excluding carboxylic acids is 5. The van der Waals surface area contributed by atoms with Crippen LogP contribution in [0, 0.1) is 5.92 Å². The lowest BCUT2D eigenvalue weighted by atomic mass is 10.0. The Kier molecular flexibility index (Phi) is 19.9. The molecule has 0 aromatic rings. The smallest absolute Gasteiger partial charge is 0.326 e. The predicted octanol–water partition coefficient (Wildman–Crippen LogP) is -4.07. The van der Waals surface area contributed by atoms with Gasteiger partial charge in [-0.05, 0) is 31.6 Å². The van der Waals surface area contributed by atoms with E-state index in [4.69, 9.17) is 21.1 Å². The van der Waals surface area contributed by atoms with E-state index < -0.39 is 160 Å². The SMILES string of the molecule is CC(C)[C@H](NC(=O)[C@H](CCC(=O)O)NC(=O)[C@H](CCC(=O)O)NC(=O)[C@H](CCC(=O)O)NC(=O)[C@@H](N)CO)C(=O)N[C@@H](CCC(=O)O)C(=O)O. The maximum absolute atomic E-state index is 13.3. The highest BCUT2D eigenvalue weighted by atomic mass is 16.4. The molecule has 0 aromatic carbocycles. The molecule has 22 heteroatoms. The highest BCUT2D eigenvalue weighted by Crippen LogP contribution is 2.09. The Morgan fingerprint density at radius 2 is 0.780 bits per heavy atom. The Labute approximate surface area is 284 Å². The summed E-state index contributed by atoms with van der Waals surface area (Å²) in [6.45, 7) is 2.06. The first kappa shape index (κ1) is 44.6. The summed E-state index contributed by atoms with van der Waals surface area (Å²) in [6, 6.07) is -9.77. The van der Waals surface area contributed by atoms with Gasteiger partial charge in [-0.25, -0.2) is 4.79 Å². The van der Waals surface area contributed by atoms with E-state index in [0.717, 1.165) is 0 Å². The van der Waals surface area contributed by atoms with Gasteiger partial charge in [-0.1, -0.05) is 13.8 Å². The van der Waals surface area contributed by atoms with Crippen LogP contribution in [0.5, 0.6) is 0 Å². The largest absolute Gasteiger partial charge is 0.481 e. The summed E-state index contributed by atoms with van der Waals surface area (Å²) in [4.78, 5) is 121. The first-order chi connectivity index (χ1) is 23.2. The Morgan fingerprint density at radius 1 is 0.480 bits per heavy atom. The van der Waals surface area contributed by atoms with Crippen LogP contribution in [-0.4, -0.2) is 133 Å². The number of carbonyl (C=O) groups is 10. The van der Waals surface area contributed by atoms with Gasteiger partial charge in [0.1, 0.15) is 36.3 Å². The van der Waals surface area contributed by atoms with Gasteiger partial charge in [0.2, 0.25) is 29.5 Å². The summed E-state index contributed by atoms with van der Waals surface area (Å²) in [5.74, 6) is -13.5. The Balaban J connectivity index is 6.24. The first-order valence-corrected chi connectivity index (χ1v) is 15.2. The predicted molar refractivity (Wildman–Crippen MR) is 165 cm³/mol. The van der Waals surface area contributed by atoms with E-state index in [0.29, 0.717) is 0 Å². The second kappa shape index (κ2) is 22.3. The minimum absolute atomic E-state index is 0.495. The highest BCUT2D eigenvalue weighted by Gasteiger charge is 2.34. The van der Waals surface area contributed by atoms with Crippen molar-refractivity contribution >= 4 is 59.4 Å². The molecule has 0 fully saturated rings. The first-order valence-electron chi connectivity index (χ1n) is 15.2. The molecule has 0 heterocycles. The summed E-state index contributed by atoms with van der Waals surface area (Å²) >= 11 is 0. The van der Waals surface area contributed by atoms with Gasteiger partial charge in [-0.3, -0.25) is 43.2 Å². The maximum Gasteiger partial charge on any atom is 0.326 e. The number of carboxylic acids is 5. The van der Waals surface area contributed by atoms with Crippen molar-refractivity contribution in [3.63, 3.8) is 0 Å². The van der Waals surface area contributed by atoms with Crippen molar-refractivity contribution in [3.05, 3.63) is 0 Å². The van der Waals surface area contributed by atoms with Crippen molar-refractivity contribution in [3.8, 4) is 0 Å². The zero-order valence-electron chi connectivity index (χ0n) is 27.2. The van der Waals surface area contributed by atoms with Crippen molar-refractivity contribution in [1.82, 2.24) is 26.6 Å². The number of aliphatic carboxylic acids is 5. The number of nitrogens with one attached hydrogen (secondary N) is 5. The quantitative estimate of drug-likeness (QED) is 0.0426. The lowest BCUT2D eigenvalue weighted by Gasteiger charge is -2.28. The fourth-order valence-electron chi connectivity index (χ4n) is 4.09. The van der Waals surface area contributed by atoms with Crippen LogP contribution in [0.15, 0.2) is 0 Å². The molecule has 5 amide bonds. The minimum Gasteiger partial charge on any atom is -0.481 e. The number of amides is 5. The maximum atomic E-state index is 13.3. The summed E-state index contributed by atoms with van der Waals surface area (Å²) in [5.41, 5.74) is 5.43. The van der Waals surface area contributed by atoms with E-state index in [1.54, 1.807) is 0 Å². The molecule has 0 saturated heterocycles. The third-order valence-corrected chi connectivity index (χ3v) is 6.88. The van der Waals surface area contributed by atoms with Crippen LogP contribution in [0.1, 0.15) is 65.2 Å². The molecule has 0 aliphatic rings. The molecule has 50 heavy (non-hydrogen) atoms. The van der Waals surface area contributed by atoms with Gasteiger partial charge < -0.3 is 63.0 Å². The third kappa shape index (κ3) is 17.7. The number of hydrogen-bond acceptors (Lipinski definition) is 12. The molecule has 0 spiro atoms. The summed E-state index contributed by atoms with van der Waals surface area (Å²) in [5, 5.41) is 65.6. The van der Waals surface area contributed by atoms with Crippen LogP contribution in [0.25, 0.3) is 0 Å². The topological polar surface area (TPSA) is 378 Å². The van der Waals surface area contributed by atoms with Gasteiger partial charge in [0.25, 0.3) is 0 Å². The number of hydrogen-bond donors (Lipinski definition) is 12. The van der Waals surface area contributed by atoms with Crippen LogP contribution in [0.3, 0.4) is 0 Å². The lowest BCUT2D eigenvalue weighted by Crippen LogP contribution is -2.60. The van der Waals surface area contributed by atoms with Crippen LogP contribution < -0.4 is 32.3 Å². The molecule has 0 aliphatic carbocycles. The Bertz CT molecular complexity index is 1270. The molecule has 6 atom stereocenters. The molecule has 0 aliphatic heterocycles. The fraction of sp³-hybridized carbons (Fsp3) is 0.643. The van der Waals surface area contributed by atoms with Gasteiger partial charge in [0, 0.05) is 25.7 Å². The van der Waals surface area contributed by atoms with E-state index in [1.165, 1.54) is 13.8 Å². The van der Waals surface area contributed by atoms with Crippen LogP contribution in [0.2, 0.25) is 0 Å². The van der Waals surface area contributed by atoms with Crippen molar-refractivity contribution in [2.45, 2.75) is 101 Å². The molecular weight excluding hydrogens is 676 g/mol. The van der Waals surface area contributed by atoms with Gasteiger partial charge in [0.05, 0.1) is 6.61 Å². The van der Waals surface area contributed by atoms with Crippen LogP contribution >= 0.6 is 0 Å². The molecule has 22 nitrogen and oxygen atoms in total. The number of aliphatic hydroxyl groups is 1. The number of aliphatic hydroxyl groups excluding tert-OH is 1. The molecule has 0 aromatic heterocycles. The molecule has 13 N–H and O–H groups in total. The van der Waals surface area contributed by atoms with Gasteiger partial charge >= 0.3 is 29.8 Å². The van der Waals surface area contributed by atoms with Crippen molar-refractivity contribution in [2.24, 2.45) is 11.7 Å². The van der Waals surface area contributed by atoms with E-state index in [1.807, 2.05) is 0 Å². The molecule has 0 rings (SSSR count). The molecule has 282 valence electrons. The van der Waals surface area contributed by atoms with Gasteiger partial charge in [-0.2, -0.15) is 0 Å². The summed E-state index contributed by atoms with van der Waals surface area (Å²) in [6.07, 6.45) is -4.94. The van der Waals surface area contributed by atoms with E-state index in [9.17, 15) is 63.3 Å². The second-order valence-electron chi connectivity index (χ2n) is 11.3. The van der Waals surface area contributed by atoms with Crippen molar-refractivity contribution in [1.29, 1.82) is 0 Å². The van der Waals surface area contributed by atoms with Crippen molar-refractivity contribution in [2.75, 3.05) is 6.61 Å². The molecule has 0 radical (unpaired) electrons. The van der Waals surface area contributed by atoms with E-state index >= 15 is 0 Å².